The minimum Gasteiger partial charge on any atom is -0.318 e. The fourth-order valence-corrected chi connectivity index (χ4v) is 1.56. The summed E-state index contributed by atoms with van der Waals surface area (Å²) in [5, 5.41) is 2.76. The van der Waals surface area contributed by atoms with E-state index in [0.717, 1.165) is 0 Å². The molecule has 2 aromatic rings. The van der Waals surface area contributed by atoms with E-state index in [0.29, 0.717) is 11.3 Å². The molecule has 2 aromatic heterocycles. The minimum absolute atomic E-state index is 0.174. The number of nitrogens with zero attached hydrogens (tertiary/aromatic N) is 2. The molecule has 0 bridgehead atoms. The van der Waals surface area contributed by atoms with Crippen molar-refractivity contribution in [2.24, 2.45) is 0 Å². The zero-order chi connectivity index (χ0) is 10.4. The van der Waals surface area contributed by atoms with Gasteiger partial charge in [0.2, 0.25) is 6.29 Å². The first-order valence-electron chi connectivity index (χ1n) is 4.62. The molecule has 0 radical (unpaired) electrons. The SMILES string of the molecule is CC1OC(c2cc(=O)n3[nH]ccc3n2)O1. The van der Waals surface area contributed by atoms with Crippen LogP contribution in [-0.4, -0.2) is 20.9 Å². The van der Waals surface area contributed by atoms with E-state index in [1.54, 1.807) is 19.2 Å². The highest BCUT2D eigenvalue weighted by molar-refractivity contribution is 5.36. The smallest absolute Gasteiger partial charge is 0.273 e. The Morgan fingerprint density at radius 1 is 1.53 bits per heavy atom. The summed E-state index contributed by atoms with van der Waals surface area (Å²) in [6.45, 7) is 1.79. The minimum atomic E-state index is -0.507. The summed E-state index contributed by atoms with van der Waals surface area (Å²) in [4.78, 5) is 15.8. The van der Waals surface area contributed by atoms with Crippen molar-refractivity contribution < 1.29 is 9.47 Å². The topological polar surface area (TPSA) is 68.6 Å². The van der Waals surface area contributed by atoms with Crippen LogP contribution in [0.2, 0.25) is 0 Å². The van der Waals surface area contributed by atoms with Gasteiger partial charge in [0.05, 0.1) is 0 Å². The average molecular weight is 207 g/mol. The van der Waals surface area contributed by atoms with Gasteiger partial charge in [-0.2, -0.15) is 0 Å². The van der Waals surface area contributed by atoms with E-state index in [2.05, 4.69) is 10.1 Å². The molecular formula is C9H9N3O3. The average Bonchev–Trinajstić information content (AvgIpc) is 2.61. The Labute approximate surface area is 84.4 Å². The Kier molecular flexibility index (Phi) is 1.68. The van der Waals surface area contributed by atoms with Crippen LogP contribution in [0.5, 0.6) is 0 Å². The van der Waals surface area contributed by atoms with Gasteiger partial charge in [0.25, 0.3) is 5.56 Å². The maximum absolute atomic E-state index is 11.6. The Balaban J connectivity index is 2.09. The molecule has 0 spiro atoms. The first kappa shape index (κ1) is 8.63. The lowest BCUT2D eigenvalue weighted by atomic mass is 10.3. The maximum atomic E-state index is 11.6. The Morgan fingerprint density at radius 2 is 2.33 bits per heavy atom. The number of nitrogens with one attached hydrogen (secondary N) is 1. The van der Waals surface area contributed by atoms with Crippen molar-refractivity contribution in [1.82, 2.24) is 14.6 Å². The highest BCUT2D eigenvalue weighted by Crippen LogP contribution is 2.29. The summed E-state index contributed by atoms with van der Waals surface area (Å²) in [7, 11) is 0. The van der Waals surface area contributed by atoms with Gasteiger partial charge in [-0.1, -0.05) is 0 Å². The van der Waals surface area contributed by atoms with E-state index >= 15 is 0 Å². The largest absolute Gasteiger partial charge is 0.318 e. The van der Waals surface area contributed by atoms with Gasteiger partial charge < -0.3 is 9.47 Å². The normalized spacial score (nSPS) is 25.4. The molecule has 3 rings (SSSR count). The molecule has 0 saturated carbocycles. The van der Waals surface area contributed by atoms with E-state index in [4.69, 9.17) is 9.47 Å². The van der Waals surface area contributed by atoms with Gasteiger partial charge in [-0.15, -0.1) is 0 Å². The summed E-state index contributed by atoms with van der Waals surface area (Å²) < 4.78 is 11.9. The predicted octanol–water partition coefficient (Wildman–Crippen LogP) is 0.414. The van der Waals surface area contributed by atoms with Crippen LogP contribution in [0.25, 0.3) is 5.65 Å². The molecule has 3 heterocycles. The molecule has 1 aliphatic heterocycles. The second-order valence-electron chi connectivity index (χ2n) is 3.35. The van der Waals surface area contributed by atoms with Crippen LogP contribution < -0.4 is 5.56 Å². The quantitative estimate of drug-likeness (QED) is 0.735. The highest BCUT2D eigenvalue weighted by Gasteiger charge is 2.30. The number of rotatable bonds is 1. The summed E-state index contributed by atoms with van der Waals surface area (Å²) in [5.41, 5.74) is 0.897. The number of hydrogen-bond donors (Lipinski definition) is 1. The standard InChI is InChI=1S/C9H9N3O3/c1-5-14-9(15-5)6-4-8(13)12-7(11-6)2-3-10-12/h2-5,9-10H,1H3. The Bertz CT molecular complexity index is 553. The highest BCUT2D eigenvalue weighted by atomic mass is 16.9. The van der Waals surface area contributed by atoms with Crippen molar-refractivity contribution in [3.05, 3.63) is 34.4 Å². The number of H-pyrrole nitrogens is 1. The van der Waals surface area contributed by atoms with Crippen molar-refractivity contribution in [2.75, 3.05) is 0 Å². The molecule has 78 valence electrons. The predicted molar refractivity (Wildman–Crippen MR) is 50.2 cm³/mol. The van der Waals surface area contributed by atoms with E-state index in [1.165, 1.54) is 10.6 Å². The van der Waals surface area contributed by atoms with Gasteiger partial charge in [-0.25, -0.2) is 9.50 Å². The van der Waals surface area contributed by atoms with E-state index in [-0.39, 0.29) is 11.8 Å². The third-order valence-electron chi connectivity index (χ3n) is 2.27. The van der Waals surface area contributed by atoms with Crippen LogP contribution >= 0.6 is 0 Å². The molecule has 1 aliphatic rings. The van der Waals surface area contributed by atoms with Crippen molar-refractivity contribution in [2.45, 2.75) is 19.5 Å². The maximum Gasteiger partial charge on any atom is 0.273 e. The molecule has 1 saturated heterocycles. The fourth-order valence-electron chi connectivity index (χ4n) is 1.56. The van der Waals surface area contributed by atoms with Crippen molar-refractivity contribution >= 4 is 5.65 Å². The van der Waals surface area contributed by atoms with Crippen LogP contribution in [0.15, 0.2) is 23.1 Å². The number of aromatic amines is 1. The Morgan fingerprint density at radius 3 is 3.07 bits per heavy atom. The van der Waals surface area contributed by atoms with Gasteiger partial charge in [0, 0.05) is 18.3 Å². The van der Waals surface area contributed by atoms with E-state index in [9.17, 15) is 4.79 Å². The molecule has 6 heteroatoms. The van der Waals surface area contributed by atoms with E-state index < -0.39 is 6.29 Å². The Hall–Kier alpha value is -1.66. The monoisotopic (exact) mass is 207 g/mol. The van der Waals surface area contributed by atoms with Gasteiger partial charge in [0.1, 0.15) is 5.69 Å². The van der Waals surface area contributed by atoms with Gasteiger partial charge in [0.15, 0.2) is 11.9 Å². The third kappa shape index (κ3) is 1.26. The van der Waals surface area contributed by atoms with Crippen LogP contribution in [0.1, 0.15) is 18.9 Å². The molecule has 0 amide bonds. The van der Waals surface area contributed by atoms with Crippen LogP contribution in [0, 0.1) is 0 Å². The van der Waals surface area contributed by atoms with Gasteiger partial charge in [-0.3, -0.25) is 9.89 Å². The lowest BCUT2D eigenvalue weighted by Gasteiger charge is -2.32. The summed E-state index contributed by atoms with van der Waals surface area (Å²) in [6.07, 6.45) is 0.924. The van der Waals surface area contributed by atoms with Crippen LogP contribution in [0.3, 0.4) is 0 Å². The molecular weight excluding hydrogens is 198 g/mol. The number of ether oxygens (including phenoxy) is 2. The molecule has 0 aliphatic carbocycles. The molecule has 0 atom stereocenters. The first-order valence-corrected chi connectivity index (χ1v) is 4.62. The lowest BCUT2D eigenvalue weighted by molar-refractivity contribution is -0.383. The molecule has 6 nitrogen and oxygen atoms in total. The summed E-state index contributed by atoms with van der Waals surface area (Å²) >= 11 is 0. The van der Waals surface area contributed by atoms with Crippen molar-refractivity contribution in [3.63, 3.8) is 0 Å². The number of fused-ring (bicyclic) bond motifs is 1. The van der Waals surface area contributed by atoms with Gasteiger partial charge >= 0.3 is 0 Å². The van der Waals surface area contributed by atoms with E-state index in [1.807, 2.05) is 0 Å². The van der Waals surface area contributed by atoms with Crippen LogP contribution in [-0.2, 0) is 9.47 Å². The summed E-state index contributed by atoms with van der Waals surface area (Å²) in [5.74, 6) is 0. The molecule has 1 fully saturated rings. The molecule has 1 N–H and O–H groups in total. The van der Waals surface area contributed by atoms with Crippen molar-refractivity contribution in [1.29, 1.82) is 0 Å². The second-order valence-corrected chi connectivity index (χ2v) is 3.35. The van der Waals surface area contributed by atoms with Crippen molar-refractivity contribution in [3.8, 4) is 0 Å². The number of hydrogen-bond acceptors (Lipinski definition) is 4. The first-order chi connectivity index (χ1) is 7.24. The third-order valence-corrected chi connectivity index (χ3v) is 2.27. The second kappa shape index (κ2) is 2.91. The molecule has 15 heavy (non-hydrogen) atoms. The zero-order valence-corrected chi connectivity index (χ0v) is 8.01. The molecule has 0 unspecified atom stereocenters. The zero-order valence-electron chi connectivity index (χ0n) is 8.01. The van der Waals surface area contributed by atoms with Gasteiger partial charge in [-0.05, 0) is 6.92 Å². The van der Waals surface area contributed by atoms with Crippen LogP contribution in [0.4, 0.5) is 0 Å². The summed E-state index contributed by atoms with van der Waals surface area (Å²) in [6, 6.07) is 3.12. The fraction of sp³-hybridized carbons (Fsp3) is 0.333. The lowest BCUT2D eigenvalue weighted by Crippen LogP contribution is -2.33. The number of aromatic nitrogens is 3. The molecule has 0 aromatic carbocycles.